The average molecular weight is 323 g/mol. The van der Waals surface area contributed by atoms with Gasteiger partial charge in [0.05, 0.1) is 6.33 Å². The molecule has 6 heteroatoms. The van der Waals surface area contributed by atoms with Crippen molar-refractivity contribution in [1.82, 2.24) is 19.5 Å². The Kier molecular flexibility index (Phi) is 4.13. The minimum absolute atomic E-state index is 0.163. The zero-order chi connectivity index (χ0) is 16.4. The second-order valence-electron chi connectivity index (χ2n) is 6.28. The molecule has 1 aromatic carbocycles. The molecule has 3 aromatic rings. The molecule has 2 heterocycles. The van der Waals surface area contributed by atoms with Crippen LogP contribution in [0.3, 0.4) is 0 Å². The minimum Gasteiger partial charge on any atom is -0.396 e. The van der Waals surface area contributed by atoms with Crippen molar-refractivity contribution in [3.8, 4) is 0 Å². The van der Waals surface area contributed by atoms with Gasteiger partial charge >= 0.3 is 0 Å². The summed E-state index contributed by atoms with van der Waals surface area (Å²) >= 11 is 0. The zero-order valence-corrected chi connectivity index (χ0v) is 13.5. The van der Waals surface area contributed by atoms with Crippen molar-refractivity contribution in [3.05, 3.63) is 48.5 Å². The molecule has 124 valence electrons. The molecular formula is C18H21N5O. The van der Waals surface area contributed by atoms with Gasteiger partial charge in [0.2, 0.25) is 0 Å². The monoisotopic (exact) mass is 323 g/mol. The molecule has 24 heavy (non-hydrogen) atoms. The number of rotatable bonds is 7. The molecule has 0 aliphatic heterocycles. The topological polar surface area (TPSA) is 75.9 Å². The summed E-state index contributed by atoms with van der Waals surface area (Å²) in [6.45, 7) is 0.865. The van der Waals surface area contributed by atoms with Crippen LogP contribution < -0.4 is 5.32 Å². The van der Waals surface area contributed by atoms with Gasteiger partial charge in [-0.05, 0) is 24.8 Å². The molecule has 1 saturated carbocycles. The van der Waals surface area contributed by atoms with Crippen molar-refractivity contribution in [1.29, 1.82) is 0 Å². The number of aromatic nitrogens is 4. The van der Waals surface area contributed by atoms with Crippen LogP contribution in [-0.4, -0.2) is 37.8 Å². The Bertz CT molecular complexity index is 813. The largest absolute Gasteiger partial charge is 0.396 e. The molecule has 2 aromatic heterocycles. The van der Waals surface area contributed by atoms with Crippen LogP contribution in [0.2, 0.25) is 0 Å². The number of aliphatic hydroxyl groups excluding tert-OH is 1. The van der Waals surface area contributed by atoms with Gasteiger partial charge in [-0.2, -0.15) is 0 Å². The van der Waals surface area contributed by atoms with Crippen molar-refractivity contribution >= 4 is 17.0 Å². The van der Waals surface area contributed by atoms with Gasteiger partial charge in [-0.25, -0.2) is 15.0 Å². The normalized spacial score (nSPS) is 15.5. The Morgan fingerprint density at radius 2 is 2.00 bits per heavy atom. The van der Waals surface area contributed by atoms with Gasteiger partial charge in [-0.15, -0.1) is 0 Å². The van der Waals surface area contributed by atoms with E-state index >= 15 is 0 Å². The fraction of sp³-hybridized carbons (Fsp3) is 0.389. The predicted octanol–water partition coefficient (Wildman–Crippen LogP) is 2.74. The van der Waals surface area contributed by atoms with E-state index in [1.54, 1.807) is 6.33 Å². The summed E-state index contributed by atoms with van der Waals surface area (Å²) in [5.74, 6) is 0.991. The van der Waals surface area contributed by atoms with Gasteiger partial charge in [-0.3, -0.25) is 0 Å². The lowest BCUT2D eigenvalue weighted by Gasteiger charge is -2.17. The third kappa shape index (κ3) is 2.97. The van der Waals surface area contributed by atoms with E-state index in [0.717, 1.165) is 17.0 Å². The van der Waals surface area contributed by atoms with Crippen LogP contribution in [0.1, 0.15) is 36.8 Å². The van der Waals surface area contributed by atoms with E-state index in [0.29, 0.717) is 19.0 Å². The number of hydrogen-bond donors (Lipinski definition) is 2. The van der Waals surface area contributed by atoms with Gasteiger partial charge in [0.15, 0.2) is 11.5 Å². The molecule has 0 saturated heterocycles. The minimum atomic E-state index is 0.163. The summed E-state index contributed by atoms with van der Waals surface area (Å²) in [6, 6.07) is 10.8. The fourth-order valence-electron chi connectivity index (χ4n) is 3.09. The summed E-state index contributed by atoms with van der Waals surface area (Å²) in [6.07, 6.45) is 6.57. The Morgan fingerprint density at radius 3 is 2.75 bits per heavy atom. The van der Waals surface area contributed by atoms with Gasteiger partial charge in [-0.1, -0.05) is 30.3 Å². The van der Waals surface area contributed by atoms with E-state index in [-0.39, 0.29) is 12.5 Å². The molecule has 0 amide bonds. The molecular weight excluding hydrogens is 302 g/mol. The molecule has 1 atom stereocenters. The Labute approximate surface area is 140 Å². The summed E-state index contributed by atoms with van der Waals surface area (Å²) in [4.78, 5) is 13.3. The SMILES string of the molecule is OCCC(CNc1ncnc2c1ncn2C1CC1)c1ccccc1. The number of benzene rings is 1. The number of fused-ring (bicyclic) bond motifs is 1. The van der Waals surface area contributed by atoms with E-state index in [1.165, 1.54) is 18.4 Å². The number of hydrogen-bond acceptors (Lipinski definition) is 5. The van der Waals surface area contributed by atoms with Crippen LogP contribution in [0, 0.1) is 0 Å². The average Bonchev–Trinajstić information content (AvgIpc) is 3.38. The fourth-order valence-corrected chi connectivity index (χ4v) is 3.09. The molecule has 1 fully saturated rings. The number of imidazole rings is 1. The van der Waals surface area contributed by atoms with Crippen LogP contribution in [0.5, 0.6) is 0 Å². The first kappa shape index (κ1) is 15.1. The van der Waals surface area contributed by atoms with Crippen LogP contribution in [0.15, 0.2) is 43.0 Å². The summed E-state index contributed by atoms with van der Waals surface area (Å²) in [5.41, 5.74) is 2.93. The second-order valence-corrected chi connectivity index (χ2v) is 6.28. The molecule has 0 radical (unpaired) electrons. The van der Waals surface area contributed by atoms with Gasteiger partial charge in [0.1, 0.15) is 11.8 Å². The molecule has 4 rings (SSSR count). The smallest absolute Gasteiger partial charge is 0.165 e. The summed E-state index contributed by atoms with van der Waals surface area (Å²) < 4.78 is 2.14. The van der Waals surface area contributed by atoms with Crippen molar-refractivity contribution in [2.24, 2.45) is 0 Å². The number of nitrogens with one attached hydrogen (secondary N) is 1. The maximum Gasteiger partial charge on any atom is 0.165 e. The molecule has 2 N–H and O–H groups in total. The standard InChI is InChI=1S/C18H21N5O/c24-9-8-14(13-4-2-1-3-5-13)10-19-17-16-18(21-11-20-17)23(12-22-16)15-6-7-15/h1-5,11-12,14-15,24H,6-10H2,(H,19,20,21). The highest BCUT2D eigenvalue weighted by molar-refractivity contribution is 5.82. The summed E-state index contributed by atoms with van der Waals surface area (Å²) in [7, 11) is 0. The van der Waals surface area contributed by atoms with E-state index in [1.807, 2.05) is 24.5 Å². The Hall–Kier alpha value is -2.47. The second kappa shape index (κ2) is 6.57. The quantitative estimate of drug-likeness (QED) is 0.699. The van der Waals surface area contributed by atoms with Crippen molar-refractivity contribution in [3.63, 3.8) is 0 Å². The molecule has 1 aliphatic rings. The summed E-state index contributed by atoms with van der Waals surface area (Å²) in [5, 5.41) is 12.8. The van der Waals surface area contributed by atoms with Crippen LogP contribution >= 0.6 is 0 Å². The maximum atomic E-state index is 9.37. The highest BCUT2D eigenvalue weighted by Crippen LogP contribution is 2.37. The lowest BCUT2D eigenvalue weighted by Crippen LogP contribution is -2.15. The van der Waals surface area contributed by atoms with Crippen molar-refractivity contribution in [2.75, 3.05) is 18.5 Å². The Balaban J connectivity index is 1.55. The molecule has 0 spiro atoms. The highest BCUT2D eigenvalue weighted by Gasteiger charge is 2.26. The number of aliphatic hydroxyl groups is 1. The zero-order valence-electron chi connectivity index (χ0n) is 13.5. The third-order valence-electron chi connectivity index (χ3n) is 4.56. The number of nitrogens with zero attached hydrogens (tertiary/aromatic N) is 4. The van der Waals surface area contributed by atoms with Gasteiger partial charge in [0.25, 0.3) is 0 Å². The molecule has 0 bridgehead atoms. The molecule has 1 aliphatic carbocycles. The lowest BCUT2D eigenvalue weighted by molar-refractivity contribution is 0.277. The first-order chi connectivity index (χ1) is 11.9. The third-order valence-corrected chi connectivity index (χ3v) is 4.56. The van der Waals surface area contributed by atoms with E-state index in [2.05, 4.69) is 37.0 Å². The first-order valence-corrected chi connectivity index (χ1v) is 8.44. The van der Waals surface area contributed by atoms with Gasteiger partial charge < -0.3 is 15.0 Å². The molecule has 1 unspecified atom stereocenters. The van der Waals surface area contributed by atoms with Crippen LogP contribution in [0.4, 0.5) is 5.82 Å². The van der Waals surface area contributed by atoms with Crippen molar-refractivity contribution < 1.29 is 5.11 Å². The van der Waals surface area contributed by atoms with Crippen LogP contribution in [0.25, 0.3) is 11.2 Å². The van der Waals surface area contributed by atoms with E-state index in [9.17, 15) is 5.11 Å². The lowest BCUT2D eigenvalue weighted by atomic mass is 9.96. The van der Waals surface area contributed by atoms with Gasteiger partial charge in [0, 0.05) is 25.1 Å². The predicted molar refractivity (Wildman–Crippen MR) is 93.0 cm³/mol. The van der Waals surface area contributed by atoms with E-state index < -0.39 is 0 Å². The maximum absolute atomic E-state index is 9.37. The van der Waals surface area contributed by atoms with Crippen molar-refractivity contribution in [2.45, 2.75) is 31.2 Å². The van der Waals surface area contributed by atoms with E-state index in [4.69, 9.17) is 0 Å². The van der Waals surface area contributed by atoms with Crippen LogP contribution in [-0.2, 0) is 0 Å². The Morgan fingerprint density at radius 1 is 1.17 bits per heavy atom. The molecule has 6 nitrogen and oxygen atoms in total. The number of anilines is 1. The first-order valence-electron chi connectivity index (χ1n) is 8.44. The highest BCUT2D eigenvalue weighted by atomic mass is 16.3.